The van der Waals surface area contributed by atoms with Crippen LogP contribution in [0.2, 0.25) is 5.02 Å². The number of piperazine rings is 1. The number of likely N-dealkylation sites (N-methyl/N-ethyl adjacent to an activating group) is 1. The van der Waals surface area contributed by atoms with E-state index in [1.54, 1.807) is 12.3 Å². The van der Waals surface area contributed by atoms with E-state index in [-0.39, 0.29) is 5.82 Å². The smallest absolute Gasteiger partial charge is 0.172 e. The third kappa shape index (κ3) is 3.33. The Balaban J connectivity index is 1.49. The highest BCUT2D eigenvalue weighted by Gasteiger charge is 2.28. The highest BCUT2D eigenvalue weighted by molar-refractivity contribution is 6.35. The highest BCUT2D eigenvalue weighted by Crippen LogP contribution is 2.30. The molecule has 134 valence electrons. The molecular formula is C19H24ClFN4. The van der Waals surface area contributed by atoms with Crippen molar-refractivity contribution in [3.63, 3.8) is 0 Å². The molecule has 6 heteroatoms. The number of halogens is 2. The minimum Gasteiger partial charge on any atom is -0.367 e. The number of hydrogen-bond donors (Lipinski definition) is 0. The van der Waals surface area contributed by atoms with E-state index in [1.807, 2.05) is 12.1 Å². The monoisotopic (exact) mass is 362 g/mol. The average molecular weight is 363 g/mol. The van der Waals surface area contributed by atoms with E-state index in [0.717, 1.165) is 32.7 Å². The zero-order valence-electron chi connectivity index (χ0n) is 14.6. The van der Waals surface area contributed by atoms with Crippen LogP contribution >= 0.6 is 11.6 Å². The van der Waals surface area contributed by atoms with Crippen molar-refractivity contribution in [3.8, 4) is 0 Å². The number of nitrogens with zero attached hydrogens (tertiary/aromatic N) is 4. The van der Waals surface area contributed by atoms with Crippen LogP contribution in [0.5, 0.6) is 0 Å². The van der Waals surface area contributed by atoms with Crippen LogP contribution in [0.4, 0.5) is 10.1 Å². The van der Waals surface area contributed by atoms with Crippen molar-refractivity contribution in [2.24, 2.45) is 0 Å². The second kappa shape index (κ2) is 7.06. The van der Waals surface area contributed by atoms with E-state index in [2.05, 4.69) is 26.7 Å². The maximum atomic E-state index is 15.0. The predicted molar refractivity (Wildman–Crippen MR) is 101 cm³/mol. The summed E-state index contributed by atoms with van der Waals surface area (Å²) in [5, 5.41) is 1.22. The normalized spacial score (nSPS) is 23.3. The molecule has 0 amide bonds. The van der Waals surface area contributed by atoms with Crippen LogP contribution in [-0.4, -0.2) is 67.1 Å². The standard InChI is InChI=1S/C19H24ClFN4/c1-23-8-2-3-14(13-23)24-9-11-25(12-10-24)17-5-4-15-16(20)6-7-22-19(15)18(17)21/h4-7,14H,2-3,8-13H2,1H3. The number of benzene rings is 1. The molecule has 0 saturated carbocycles. The first-order chi connectivity index (χ1) is 12.1. The second-order valence-corrected chi connectivity index (χ2v) is 7.58. The lowest BCUT2D eigenvalue weighted by Crippen LogP contribution is -2.54. The molecule has 3 heterocycles. The first-order valence-corrected chi connectivity index (χ1v) is 9.41. The minimum absolute atomic E-state index is 0.258. The first kappa shape index (κ1) is 17.0. The van der Waals surface area contributed by atoms with E-state index >= 15 is 0 Å². The van der Waals surface area contributed by atoms with E-state index < -0.39 is 0 Å². The number of piperidine rings is 1. The Bertz CT molecular complexity index is 760. The highest BCUT2D eigenvalue weighted by atomic mass is 35.5. The molecular weight excluding hydrogens is 339 g/mol. The molecule has 25 heavy (non-hydrogen) atoms. The van der Waals surface area contributed by atoms with Gasteiger partial charge in [-0.3, -0.25) is 9.88 Å². The molecule has 1 atom stereocenters. The lowest BCUT2D eigenvalue weighted by Gasteiger charge is -2.43. The van der Waals surface area contributed by atoms with E-state index in [1.165, 1.54) is 19.4 Å². The summed E-state index contributed by atoms with van der Waals surface area (Å²) in [6.45, 7) is 6.02. The summed E-state index contributed by atoms with van der Waals surface area (Å²) < 4.78 is 15.0. The quantitative estimate of drug-likeness (QED) is 0.818. The van der Waals surface area contributed by atoms with Gasteiger partial charge >= 0.3 is 0 Å². The van der Waals surface area contributed by atoms with Gasteiger partial charge in [0.15, 0.2) is 5.82 Å². The van der Waals surface area contributed by atoms with Crippen LogP contribution in [0.25, 0.3) is 10.9 Å². The molecule has 2 saturated heterocycles. The predicted octanol–water partition coefficient (Wildman–Crippen LogP) is 3.24. The third-order valence-electron chi connectivity index (χ3n) is 5.55. The topological polar surface area (TPSA) is 22.6 Å². The molecule has 0 radical (unpaired) electrons. The van der Waals surface area contributed by atoms with Crippen molar-refractivity contribution in [1.82, 2.24) is 14.8 Å². The van der Waals surface area contributed by atoms with Gasteiger partial charge in [0.1, 0.15) is 5.52 Å². The minimum atomic E-state index is -0.258. The number of anilines is 1. The Kier molecular flexibility index (Phi) is 4.80. The molecule has 1 unspecified atom stereocenters. The molecule has 4 nitrogen and oxygen atoms in total. The van der Waals surface area contributed by atoms with Crippen LogP contribution in [-0.2, 0) is 0 Å². The maximum absolute atomic E-state index is 15.0. The summed E-state index contributed by atoms with van der Waals surface area (Å²) in [5.74, 6) is -0.258. The largest absolute Gasteiger partial charge is 0.367 e. The molecule has 1 aromatic heterocycles. The van der Waals surface area contributed by atoms with Gasteiger partial charge in [-0.1, -0.05) is 11.6 Å². The van der Waals surface area contributed by atoms with Crippen LogP contribution < -0.4 is 4.90 Å². The maximum Gasteiger partial charge on any atom is 0.172 e. The third-order valence-corrected chi connectivity index (χ3v) is 5.88. The Labute approximate surface area is 153 Å². The lowest BCUT2D eigenvalue weighted by atomic mass is 10.0. The summed E-state index contributed by atoms with van der Waals surface area (Å²) in [5.41, 5.74) is 1.00. The van der Waals surface area contributed by atoms with Gasteiger partial charge in [-0.05, 0) is 44.6 Å². The number of fused-ring (bicyclic) bond motifs is 1. The fourth-order valence-electron chi connectivity index (χ4n) is 4.15. The fraction of sp³-hybridized carbons (Fsp3) is 0.526. The molecule has 2 aliphatic rings. The Morgan fingerprint density at radius 1 is 1.12 bits per heavy atom. The molecule has 0 spiro atoms. The first-order valence-electron chi connectivity index (χ1n) is 9.04. The summed E-state index contributed by atoms with van der Waals surface area (Å²) >= 11 is 6.15. The summed E-state index contributed by atoms with van der Waals surface area (Å²) in [4.78, 5) is 11.3. The zero-order chi connectivity index (χ0) is 17.4. The van der Waals surface area contributed by atoms with Gasteiger partial charge in [0.2, 0.25) is 0 Å². The lowest BCUT2D eigenvalue weighted by molar-refractivity contribution is 0.106. The van der Waals surface area contributed by atoms with Crippen molar-refractivity contribution in [1.29, 1.82) is 0 Å². The van der Waals surface area contributed by atoms with E-state index in [0.29, 0.717) is 27.7 Å². The van der Waals surface area contributed by atoms with Crippen LogP contribution in [0.15, 0.2) is 24.4 Å². The molecule has 1 aromatic carbocycles. The average Bonchev–Trinajstić information content (AvgIpc) is 2.63. The van der Waals surface area contributed by atoms with Crippen molar-refractivity contribution < 1.29 is 4.39 Å². The van der Waals surface area contributed by atoms with Crippen molar-refractivity contribution in [3.05, 3.63) is 35.2 Å². The Morgan fingerprint density at radius 2 is 1.92 bits per heavy atom. The number of pyridine rings is 1. The van der Waals surface area contributed by atoms with Gasteiger partial charge in [0.05, 0.1) is 10.7 Å². The van der Waals surface area contributed by atoms with Gasteiger partial charge in [-0.25, -0.2) is 4.39 Å². The SMILES string of the molecule is CN1CCCC(N2CCN(c3ccc4c(Cl)ccnc4c3F)CC2)C1. The van der Waals surface area contributed by atoms with Crippen molar-refractivity contribution in [2.75, 3.05) is 51.2 Å². The number of hydrogen-bond acceptors (Lipinski definition) is 4. The van der Waals surface area contributed by atoms with Crippen LogP contribution in [0.1, 0.15) is 12.8 Å². The van der Waals surface area contributed by atoms with Crippen LogP contribution in [0.3, 0.4) is 0 Å². The molecule has 2 fully saturated rings. The van der Waals surface area contributed by atoms with Gasteiger partial charge in [-0.15, -0.1) is 0 Å². The summed E-state index contributed by atoms with van der Waals surface area (Å²) in [6, 6.07) is 6.06. The zero-order valence-corrected chi connectivity index (χ0v) is 15.3. The molecule has 0 bridgehead atoms. The number of likely N-dealkylation sites (tertiary alicyclic amines) is 1. The summed E-state index contributed by atoms with van der Waals surface area (Å²) in [7, 11) is 2.20. The second-order valence-electron chi connectivity index (χ2n) is 7.17. The molecule has 2 aliphatic heterocycles. The van der Waals surface area contributed by atoms with Crippen molar-refractivity contribution >= 4 is 28.2 Å². The fourth-order valence-corrected chi connectivity index (χ4v) is 4.36. The van der Waals surface area contributed by atoms with Crippen molar-refractivity contribution in [2.45, 2.75) is 18.9 Å². The molecule has 4 rings (SSSR count). The molecule has 2 aromatic rings. The van der Waals surface area contributed by atoms with E-state index in [4.69, 9.17) is 11.6 Å². The van der Waals surface area contributed by atoms with Gasteiger partial charge in [0, 0.05) is 50.3 Å². The number of aromatic nitrogens is 1. The van der Waals surface area contributed by atoms with Gasteiger partial charge in [-0.2, -0.15) is 0 Å². The Morgan fingerprint density at radius 3 is 2.68 bits per heavy atom. The van der Waals surface area contributed by atoms with Crippen LogP contribution in [0, 0.1) is 5.82 Å². The molecule has 0 aliphatic carbocycles. The number of rotatable bonds is 2. The Hall–Kier alpha value is -1.43. The van der Waals surface area contributed by atoms with Gasteiger partial charge < -0.3 is 9.80 Å². The summed E-state index contributed by atoms with van der Waals surface area (Å²) in [6.07, 6.45) is 4.11. The molecule has 0 N–H and O–H groups in total. The van der Waals surface area contributed by atoms with Gasteiger partial charge in [0.25, 0.3) is 0 Å². The van der Waals surface area contributed by atoms with E-state index in [9.17, 15) is 4.39 Å².